The highest BCUT2D eigenvalue weighted by Crippen LogP contribution is 2.22. The molecule has 0 aliphatic carbocycles. The lowest BCUT2D eigenvalue weighted by Gasteiger charge is -2.13. The third-order valence-corrected chi connectivity index (χ3v) is 3.44. The number of nitrogens with two attached hydrogens (primary N) is 1. The second kappa shape index (κ2) is 9.62. The molecule has 0 radical (unpaired) electrons. The number of aromatic nitrogens is 2. The Balaban J connectivity index is 0.000000671. The van der Waals surface area contributed by atoms with Gasteiger partial charge in [-0.2, -0.15) is 0 Å². The minimum Gasteiger partial charge on any atom is -0.337 e. The zero-order chi connectivity index (χ0) is 18.1. The van der Waals surface area contributed by atoms with Crippen LogP contribution in [0.3, 0.4) is 0 Å². The summed E-state index contributed by atoms with van der Waals surface area (Å²) < 4.78 is 1.97. The van der Waals surface area contributed by atoms with E-state index in [1.54, 1.807) is 30.6 Å². The number of rotatable bonds is 4. The summed E-state index contributed by atoms with van der Waals surface area (Å²) in [6.07, 6.45) is 4.43. The Kier molecular flexibility index (Phi) is 7.85. The van der Waals surface area contributed by atoms with E-state index in [1.165, 1.54) is 11.9 Å². The summed E-state index contributed by atoms with van der Waals surface area (Å²) in [5.74, 6) is -0.375. The average Bonchev–Trinajstić information content (AvgIpc) is 3.15. The Morgan fingerprint density at radius 3 is 2.00 bits per heavy atom. The highest BCUT2D eigenvalue weighted by Gasteiger charge is 2.34. The maximum Gasteiger partial charge on any atom is 0.261 e. The summed E-state index contributed by atoms with van der Waals surface area (Å²) in [6.45, 7) is 7.11. The van der Waals surface area contributed by atoms with E-state index in [0.29, 0.717) is 17.7 Å². The van der Waals surface area contributed by atoms with E-state index in [0.717, 1.165) is 18.7 Å². The molecule has 6 heteroatoms. The molecular weight excluding hydrogens is 304 g/mol. The van der Waals surface area contributed by atoms with Crippen LogP contribution in [-0.2, 0) is 6.54 Å². The smallest absolute Gasteiger partial charge is 0.261 e. The van der Waals surface area contributed by atoms with Crippen LogP contribution < -0.4 is 5.73 Å². The number of aryl methyl sites for hydroxylation is 2. The fourth-order valence-electron chi connectivity index (χ4n) is 2.45. The van der Waals surface area contributed by atoms with Crippen LogP contribution in [0.5, 0.6) is 0 Å². The number of hydrogen-bond donors (Lipinski definition) is 1. The summed E-state index contributed by atoms with van der Waals surface area (Å²) in [4.78, 5) is 29.8. The maximum atomic E-state index is 12.1. The first kappa shape index (κ1) is 19.6. The lowest BCUT2D eigenvalue weighted by atomic mass is 10.1. The largest absolute Gasteiger partial charge is 0.337 e. The van der Waals surface area contributed by atoms with Gasteiger partial charge in [-0.1, -0.05) is 26.0 Å². The molecule has 130 valence electrons. The van der Waals surface area contributed by atoms with Gasteiger partial charge in [-0.05, 0) is 32.5 Å². The van der Waals surface area contributed by atoms with Crippen molar-refractivity contribution in [3.8, 4) is 0 Å². The van der Waals surface area contributed by atoms with Crippen molar-refractivity contribution in [3.05, 3.63) is 53.6 Å². The van der Waals surface area contributed by atoms with Gasteiger partial charge < -0.3 is 10.3 Å². The summed E-state index contributed by atoms with van der Waals surface area (Å²) in [5, 5.41) is 0. The van der Waals surface area contributed by atoms with E-state index in [4.69, 9.17) is 0 Å². The molecule has 0 fully saturated rings. The molecule has 2 heterocycles. The minimum absolute atomic E-state index is 0.188. The van der Waals surface area contributed by atoms with Crippen LogP contribution in [0.2, 0.25) is 0 Å². The lowest BCUT2D eigenvalue weighted by molar-refractivity contribution is 0.0651. The molecule has 2 amide bonds. The third-order valence-electron chi connectivity index (χ3n) is 3.44. The summed E-state index contributed by atoms with van der Waals surface area (Å²) in [7, 11) is 1.50. The first-order valence-corrected chi connectivity index (χ1v) is 8.18. The van der Waals surface area contributed by atoms with Crippen molar-refractivity contribution in [2.24, 2.45) is 5.73 Å². The van der Waals surface area contributed by atoms with Crippen molar-refractivity contribution in [1.82, 2.24) is 14.5 Å². The molecular formula is C18H26N4O2. The molecule has 0 bridgehead atoms. The number of amides is 2. The van der Waals surface area contributed by atoms with Crippen molar-refractivity contribution in [1.29, 1.82) is 0 Å². The first-order valence-electron chi connectivity index (χ1n) is 8.18. The number of carbonyl (C=O) groups excluding carboxylic acids is 2. The van der Waals surface area contributed by atoms with Gasteiger partial charge in [0, 0.05) is 19.3 Å². The number of carbonyl (C=O) groups is 2. The van der Waals surface area contributed by atoms with Crippen LogP contribution >= 0.6 is 0 Å². The predicted molar refractivity (Wildman–Crippen MR) is 94.8 cm³/mol. The van der Waals surface area contributed by atoms with Gasteiger partial charge in [0.25, 0.3) is 11.8 Å². The van der Waals surface area contributed by atoms with Crippen LogP contribution in [0.25, 0.3) is 0 Å². The van der Waals surface area contributed by atoms with Gasteiger partial charge in [0.1, 0.15) is 0 Å². The molecule has 0 saturated heterocycles. The van der Waals surface area contributed by atoms with E-state index in [9.17, 15) is 9.59 Å². The van der Waals surface area contributed by atoms with Crippen molar-refractivity contribution >= 4 is 11.8 Å². The Labute approximate surface area is 143 Å². The normalized spacial score (nSPS) is 12.1. The fraction of sp³-hybridized carbons (Fsp3) is 0.389. The molecule has 1 aliphatic heterocycles. The molecule has 2 aromatic rings. The molecule has 0 atom stereocenters. The van der Waals surface area contributed by atoms with E-state index >= 15 is 0 Å². The van der Waals surface area contributed by atoms with Crippen LogP contribution in [0, 0.1) is 6.92 Å². The molecule has 6 nitrogen and oxygen atoms in total. The summed E-state index contributed by atoms with van der Waals surface area (Å²) in [6, 6.07) is 6.97. The van der Waals surface area contributed by atoms with Crippen LogP contribution in [0.1, 0.15) is 46.7 Å². The van der Waals surface area contributed by atoms with Crippen molar-refractivity contribution in [2.45, 2.75) is 33.7 Å². The standard InChI is InChI=1S/C15H15N3O2.C2H6.CH5N/c1-11-9-17(10-16-11)7-4-8-18-14(19)12-5-2-3-6-13(12)15(18)20;2*1-2/h2-3,5-6,9-10H,4,7-8H2,1H3;1-2H3;2H2,1H3. The second-order valence-electron chi connectivity index (χ2n) is 4.91. The van der Waals surface area contributed by atoms with E-state index in [-0.39, 0.29) is 11.8 Å². The molecule has 2 N–H and O–H groups in total. The van der Waals surface area contributed by atoms with Crippen molar-refractivity contribution < 1.29 is 9.59 Å². The summed E-state index contributed by atoms with van der Waals surface area (Å²) >= 11 is 0. The van der Waals surface area contributed by atoms with E-state index in [2.05, 4.69) is 10.7 Å². The van der Waals surface area contributed by atoms with Gasteiger partial charge in [-0.3, -0.25) is 14.5 Å². The number of nitrogens with zero attached hydrogens (tertiary/aromatic N) is 3. The second-order valence-corrected chi connectivity index (χ2v) is 4.91. The van der Waals surface area contributed by atoms with Crippen LogP contribution in [-0.4, -0.2) is 39.9 Å². The number of fused-ring (bicyclic) bond motifs is 1. The molecule has 3 rings (SSSR count). The van der Waals surface area contributed by atoms with Crippen LogP contribution in [0.15, 0.2) is 36.8 Å². The molecule has 24 heavy (non-hydrogen) atoms. The number of hydrogen-bond acceptors (Lipinski definition) is 4. The molecule has 1 aromatic heterocycles. The molecule has 0 unspecified atom stereocenters. The molecule has 0 saturated carbocycles. The Bertz CT molecular complexity index is 644. The van der Waals surface area contributed by atoms with Gasteiger partial charge in [-0.25, -0.2) is 4.98 Å². The Morgan fingerprint density at radius 2 is 1.54 bits per heavy atom. The van der Waals surface area contributed by atoms with E-state index < -0.39 is 0 Å². The predicted octanol–water partition coefficient (Wildman–Crippen LogP) is 2.48. The zero-order valence-electron chi connectivity index (χ0n) is 14.8. The molecule has 1 aromatic carbocycles. The maximum absolute atomic E-state index is 12.1. The van der Waals surface area contributed by atoms with Gasteiger partial charge in [0.05, 0.1) is 23.1 Å². The lowest BCUT2D eigenvalue weighted by Crippen LogP contribution is -2.31. The fourth-order valence-corrected chi connectivity index (χ4v) is 2.45. The number of benzene rings is 1. The van der Waals surface area contributed by atoms with Gasteiger partial charge >= 0.3 is 0 Å². The molecule has 1 aliphatic rings. The minimum atomic E-state index is -0.188. The number of imide groups is 1. The highest BCUT2D eigenvalue weighted by atomic mass is 16.2. The van der Waals surface area contributed by atoms with Crippen molar-refractivity contribution in [3.63, 3.8) is 0 Å². The van der Waals surface area contributed by atoms with E-state index in [1.807, 2.05) is 31.5 Å². The van der Waals surface area contributed by atoms with Gasteiger partial charge in [0.15, 0.2) is 0 Å². The molecule has 0 spiro atoms. The summed E-state index contributed by atoms with van der Waals surface area (Å²) in [5.41, 5.74) is 6.48. The Hall–Kier alpha value is -2.47. The van der Waals surface area contributed by atoms with Crippen molar-refractivity contribution in [2.75, 3.05) is 13.6 Å². The third kappa shape index (κ3) is 4.29. The van der Waals surface area contributed by atoms with Gasteiger partial charge in [-0.15, -0.1) is 0 Å². The SMILES string of the molecule is CC.CN.Cc1cn(CCCN2C(=O)c3ccccc3C2=O)cn1. The monoisotopic (exact) mass is 330 g/mol. The van der Waals surface area contributed by atoms with Crippen LogP contribution in [0.4, 0.5) is 0 Å². The average molecular weight is 330 g/mol. The quantitative estimate of drug-likeness (QED) is 0.873. The number of imidazole rings is 1. The Morgan fingerprint density at radius 1 is 1.00 bits per heavy atom. The zero-order valence-corrected chi connectivity index (χ0v) is 14.8. The first-order chi connectivity index (χ1) is 11.7. The highest BCUT2D eigenvalue weighted by molar-refractivity contribution is 6.21. The van der Waals surface area contributed by atoms with Gasteiger partial charge in [0.2, 0.25) is 0 Å². The topological polar surface area (TPSA) is 81.2 Å².